The summed E-state index contributed by atoms with van der Waals surface area (Å²) in [5.74, 6) is 0. The molecule has 104 valence electrons. The number of amides is 2. The van der Waals surface area contributed by atoms with E-state index in [1.807, 2.05) is 31.2 Å². The summed E-state index contributed by atoms with van der Waals surface area (Å²) >= 11 is 0. The molecule has 1 aromatic heterocycles. The van der Waals surface area contributed by atoms with Crippen LogP contribution in [0, 0.1) is 6.92 Å². The molecular weight excluding hydrogens is 252 g/mol. The van der Waals surface area contributed by atoms with Crippen LogP contribution in [-0.4, -0.2) is 16.0 Å². The van der Waals surface area contributed by atoms with E-state index < -0.39 is 0 Å². The zero-order valence-electron chi connectivity index (χ0n) is 11.7. The average Bonchev–Trinajstić information content (AvgIpc) is 2.47. The Morgan fingerprint density at radius 2 is 2.00 bits per heavy atom. The van der Waals surface area contributed by atoms with Gasteiger partial charge in [0.2, 0.25) is 0 Å². The molecule has 0 aliphatic rings. The molecule has 0 saturated carbocycles. The van der Waals surface area contributed by atoms with Crippen LogP contribution in [-0.2, 0) is 13.0 Å². The van der Waals surface area contributed by atoms with E-state index in [1.165, 1.54) is 0 Å². The second-order valence-electron chi connectivity index (χ2n) is 4.47. The molecule has 2 aromatic rings. The first kappa shape index (κ1) is 14.0. The molecule has 0 fully saturated rings. The van der Waals surface area contributed by atoms with Gasteiger partial charge in [-0.05, 0) is 25.0 Å². The third-order valence-corrected chi connectivity index (χ3v) is 2.91. The fraction of sp³-hybridized carbons (Fsp3) is 0.267. The second kappa shape index (κ2) is 6.65. The lowest BCUT2D eigenvalue weighted by Gasteiger charge is -2.10. The van der Waals surface area contributed by atoms with Crippen molar-refractivity contribution >= 4 is 11.7 Å². The Balaban J connectivity index is 1.91. The number of benzene rings is 1. The van der Waals surface area contributed by atoms with E-state index in [2.05, 4.69) is 27.5 Å². The van der Waals surface area contributed by atoms with Crippen molar-refractivity contribution in [2.45, 2.75) is 26.8 Å². The summed E-state index contributed by atoms with van der Waals surface area (Å²) in [7, 11) is 0. The van der Waals surface area contributed by atoms with Crippen molar-refractivity contribution in [2.75, 3.05) is 5.32 Å². The Kier molecular flexibility index (Phi) is 4.65. The van der Waals surface area contributed by atoms with Crippen LogP contribution in [0.4, 0.5) is 10.5 Å². The van der Waals surface area contributed by atoms with Crippen LogP contribution in [0.3, 0.4) is 0 Å². The molecule has 0 bridgehead atoms. The Morgan fingerprint density at radius 3 is 2.70 bits per heavy atom. The fourth-order valence-electron chi connectivity index (χ4n) is 1.80. The van der Waals surface area contributed by atoms with Gasteiger partial charge in [0.1, 0.15) is 0 Å². The predicted octanol–water partition coefficient (Wildman–Crippen LogP) is 2.67. The summed E-state index contributed by atoms with van der Waals surface area (Å²) in [5.41, 5.74) is 3.53. The van der Waals surface area contributed by atoms with E-state index in [0.717, 1.165) is 29.1 Å². The second-order valence-corrected chi connectivity index (χ2v) is 4.47. The molecule has 5 nitrogen and oxygen atoms in total. The monoisotopic (exact) mass is 270 g/mol. The summed E-state index contributed by atoms with van der Waals surface area (Å²) in [4.78, 5) is 20.2. The summed E-state index contributed by atoms with van der Waals surface area (Å²) < 4.78 is 0. The number of nitrogens with zero attached hydrogens (tertiary/aromatic N) is 2. The lowest BCUT2D eigenvalue weighted by molar-refractivity contribution is 0.251. The smallest absolute Gasteiger partial charge is 0.319 e. The number of aromatic nitrogens is 2. The zero-order valence-corrected chi connectivity index (χ0v) is 11.7. The number of carbonyl (C=O) groups is 1. The van der Waals surface area contributed by atoms with Crippen LogP contribution < -0.4 is 10.6 Å². The third kappa shape index (κ3) is 3.78. The van der Waals surface area contributed by atoms with Crippen molar-refractivity contribution in [3.05, 3.63) is 53.6 Å². The number of para-hydroxylation sites is 1. The maximum atomic E-state index is 11.9. The van der Waals surface area contributed by atoms with E-state index in [9.17, 15) is 4.79 Å². The minimum atomic E-state index is -0.242. The van der Waals surface area contributed by atoms with Crippen molar-refractivity contribution in [3.63, 3.8) is 0 Å². The van der Waals surface area contributed by atoms with Gasteiger partial charge in [-0.1, -0.05) is 25.1 Å². The summed E-state index contributed by atoms with van der Waals surface area (Å²) in [6, 6.07) is 7.52. The largest absolute Gasteiger partial charge is 0.332 e. The van der Waals surface area contributed by atoms with Crippen molar-refractivity contribution in [1.29, 1.82) is 0 Å². The summed E-state index contributed by atoms with van der Waals surface area (Å²) in [5, 5.41) is 5.61. The van der Waals surface area contributed by atoms with Crippen LogP contribution in [0.15, 0.2) is 36.7 Å². The molecule has 0 radical (unpaired) electrons. The van der Waals surface area contributed by atoms with Gasteiger partial charge >= 0.3 is 6.03 Å². The molecule has 0 aliphatic carbocycles. The molecule has 1 heterocycles. The third-order valence-electron chi connectivity index (χ3n) is 2.91. The molecule has 20 heavy (non-hydrogen) atoms. The first-order valence-electron chi connectivity index (χ1n) is 6.59. The highest BCUT2D eigenvalue weighted by atomic mass is 16.2. The van der Waals surface area contributed by atoms with Crippen LogP contribution in [0.1, 0.15) is 23.9 Å². The number of aryl methyl sites for hydroxylation is 2. The lowest BCUT2D eigenvalue weighted by atomic mass is 10.1. The highest BCUT2D eigenvalue weighted by Crippen LogP contribution is 2.14. The molecule has 0 aliphatic heterocycles. The van der Waals surface area contributed by atoms with Crippen molar-refractivity contribution < 1.29 is 4.79 Å². The van der Waals surface area contributed by atoms with Crippen LogP contribution in [0.2, 0.25) is 0 Å². The Labute approximate surface area is 118 Å². The molecular formula is C15H18N4O. The number of hydrogen-bond acceptors (Lipinski definition) is 3. The Morgan fingerprint density at radius 1 is 1.20 bits per heavy atom. The standard InChI is InChI=1S/C15H18N4O/c1-3-12-6-4-5-7-14(12)19-15(20)18-10-13-9-16-11(2)8-17-13/h4-9H,3,10H2,1-2H3,(H2,18,19,20). The molecule has 1 aromatic carbocycles. The maximum Gasteiger partial charge on any atom is 0.319 e. The zero-order chi connectivity index (χ0) is 14.4. The first-order chi connectivity index (χ1) is 9.69. The van der Waals surface area contributed by atoms with Gasteiger partial charge < -0.3 is 10.6 Å². The van der Waals surface area contributed by atoms with Gasteiger partial charge in [0.15, 0.2) is 0 Å². The highest BCUT2D eigenvalue weighted by molar-refractivity contribution is 5.90. The number of hydrogen-bond donors (Lipinski definition) is 2. The minimum Gasteiger partial charge on any atom is -0.332 e. The van der Waals surface area contributed by atoms with E-state index in [-0.39, 0.29) is 6.03 Å². The first-order valence-corrected chi connectivity index (χ1v) is 6.59. The lowest BCUT2D eigenvalue weighted by Crippen LogP contribution is -2.29. The van der Waals surface area contributed by atoms with Crippen molar-refractivity contribution in [3.8, 4) is 0 Å². The minimum absolute atomic E-state index is 0.242. The maximum absolute atomic E-state index is 11.9. The SMILES string of the molecule is CCc1ccccc1NC(=O)NCc1cnc(C)cn1. The van der Waals surface area contributed by atoms with Gasteiger partial charge in [-0.3, -0.25) is 9.97 Å². The molecule has 2 amide bonds. The summed E-state index contributed by atoms with van der Waals surface area (Å²) in [6.07, 6.45) is 4.22. The van der Waals surface area contributed by atoms with Gasteiger partial charge in [-0.15, -0.1) is 0 Å². The average molecular weight is 270 g/mol. The van der Waals surface area contributed by atoms with E-state index in [0.29, 0.717) is 6.54 Å². The molecule has 2 N–H and O–H groups in total. The van der Waals surface area contributed by atoms with E-state index in [1.54, 1.807) is 12.4 Å². The topological polar surface area (TPSA) is 66.9 Å². The van der Waals surface area contributed by atoms with Crippen LogP contribution in [0.5, 0.6) is 0 Å². The van der Waals surface area contributed by atoms with Gasteiger partial charge in [0, 0.05) is 11.9 Å². The number of carbonyl (C=O) groups excluding carboxylic acids is 1. The molecule has 0 unspecified atom stereocenters. The van der Waals surface area contributed by atoms with Crippen LogP contribution >= 0.6 is 0 Å². The summed E-state index contributed by atoms with van der Waals surface area (Å²) in [6.45, 7) is 4.28. The normalized spacial score (nSPS) is 10.1. The van der Waals surface area contributed by atoms with Crippen molar-refractivity contribution in [2.24, 2.45) is 0 Å². The van der Waals surface area contributed by atoms with Gasteiger partial charge in [0.25, 0.3) is 0 Å². The van der Waals surface area contributed by atoms with Gasteiger partial charge in [0.05, 0.1) is 24.1 Å². The quantitative estimate of drug-likeness (QED) is 0.897. The number of rotatable bonds is 4. The van der Waals surface area contributed by atoms with Crippen molar-refractivity contribution in [1.82, 2.24) is 15.3 Å². The molecule has 2 rings (SSSR count). The molecule has 0 saturated heterocycles. The van der Waals surface area contributed by atoms with Gasteiger partial charge in [-0.25, -0.2) is 4.79 Å². The van der Waals surface area contributed by atoms with E-state index in [4.69, 9.17) is 0 Å². The predicted molar refractivity (Wildman–Crippen MR) is 78.4 cm³/mol. The highest BCUT2D eigenvalue weighted by Gasteiger charge is 2.05. The Bertz CT molecular complexity index is 581. The van der Waals surface area contributed by atoms with Crippen LogP contribution in [0.25, 0.3) is 0 Å². The number of anilines is 1. The van der Waals surface area contributed by atoms with E-state index >= 15 is 0 Å². The fourth-order valence-corrected chi connectivity index (χ4v) is 1.80. The Hall–Kier alpha value is -2.43. The number of urea groups is 1. The molecule has 0 atom stereocenters. The number of nitrogens with one attached hydrogen (secondary N) is 2. The molecule has 0 spiro atoms. The van der Waals surface area contributed by atoms with Gasteiger partial charge in [-0.2, -0.15) is 0 Å². The molecule has 5 heteroatoms.